The molecule has 102 valence electrons. The molecule has 1 aliphatic rings. The summed E-state index contributed by atoms with van der Waals surface area (Å²) in [7, 11) is 3.68. The lowest BCUT2D eigenvalue weighted by molar-refractivity contribution is -0.0842. The molecule has 2 heterocycles. The number of rotatable bonds is 3. The van der Waals surface area contributed by atoms with Gasteiger partial charge in [-0.3, -0.25) is 0 Å². The molecule has 1 saturated carbocycles. The fraction of sp³-hybridized carbons (Fsp3) is 0.571. The predicted octanol–water partition coefficient (Wildman–Crippen LogP) is 3.38. The molecule has 0 bridgehead atoms. The van der Waals surface area contributed by atoms with Crippen molar-refractivity contribution in [2.24, 2.45) is 0 Å². The highest BCUT2D eigenvalue weighted by molar-refractivity contribution is 7.18. The number of fused-ring (bicyclic) bond motifs is 1. The van der Waals surface area contributed by atoms with Crippen molar-refractivity contribution in [2.75, 3.05) is 19.5 Å². The summed E-state index contributed by atoms with van der Waals surface area (Å²) in [4.78, 5) is 11.9. The summed E-state index contributed by atoms with van der Waals surface area (Å²) < 4.78 is 5.70. The maximum absolute atomic E-state index is 5.70. The minimum Gasteiger partial charge on any atom is -0.372 e. The number of hydrogen-bond acceptors (Lipinski definition) is 5. The number of nitrogens with zero attached hydrogens (tertiary/aromatic N) is 2. The first-order valence-corrected chi connectivity index (χ1v) is 7.44. The van der Waals surface area contributed by atoms with Crippen LogP contribution >= 0.6 is 11.3 Å². The van der Waals surface area contributed by atoms with Gasteiger partial charge in [0.25, 0.3) is 0 Å². The van der Waals surface area contributed by atoms with Crippen LogP contribution in [0.15, 0.2) is 0 Å². The third-order valence-corrected chi connectivity index (χ3v) is 5.33. The van der Waals surface area contributed by atoms with E-state index >= 15 is 0 Å². The summed E-state index contributed by atoms with van der Waals surface area (Å²) in [6.07, 6.45) is 3.22. The van der Waals surface area contributed by atoms with Gasteiger partial charge >= 0.3 is 0 Å². The van der Waals surface area contributed by atoms with Crippen molar-refractivity contribution in [1.29, 1.82) is 0 Å². The van der Waals surface area contributed by atoms with E-state index in [0.717, 1.165) is 34.7 Å². The Balaban J connectivity index is 2.23. The van der Waals surface area contributed by atoms with Crippen LogP contribution in [0.25, 0.3) is 10.2 Å². The SMILES string of the molecule is CNc1nc(C2(OC)CCC2)nc2sc(C)c(C)c12. The highest BCUT2D eigenvalue weighted by atomic mass is 32.1. The first-order chi connectivity index (χ1) is 9.11. The Morgan fingerprint density at radius 2 is 2.00 bits per heavy atom. The Morgan fingerprint density at radius 1 is 1.26 bits per heavy atom. The molecule has 0 saturated heterocycles. The maximum Gasteiger partial charge on any atom is 0.164 e. The van der Waals surface area contributed by atoms with E-state index in [-0.39, 0.29) is 5.60 Å². The van der Waals surface area contributed by atoms with E-state index in [9.17, 15) is 0 Å². The second-order valence-electron chi connectivity index (χ2n) is 5.16. The lowest BCUT2D eigenvalue weighted by Gasteiger charge is -2.38. The van der Waals surface area contributed by atoms with Crippen molar-refractivity contribution in [1.82, 2.24) is 9.97 Å². The van der Waals surface area contributed by atoms with E-state index in [2.05, 4.69) is 19.2 Å². The van der Waals surface area contributed by atoms with E-state index in [1.807, 2.05) is 7.05 Å². The second kappa shape index (κ2) is 4.42. The van der Waals surface area contributed by atoms with Crippen LogP contribution in [0.5, 0.6) is 0 Å². The fourth-order valence-corrected chi connectivity index (χ4v) is 3.68. The zero-order valence-corrected chi connectivity index (χ0v) is 12.6. The Kier molecular flexibility index (Phi) is 2.98. The Bertz CT molecular complexity index is 626. The standard InChI is InChI=1S/C14H19N3OS/c1-8-9(2)19-12-10(8)11(15-3)16-13(17-12)14(18-4)6-5-7-14/h5-7H2,1-4H3,(H,15,16,17). The van der Waals surface area contributed by atoms with Crippen molar-refractivity contribution in [2.45, 2.75) is 38.7 Å². The predicted molar refractivity (Wildman–Crippen MR) is 79.0 cm³/mol. The average molecular weight is 277 g/mol. The van der Waals surface area contributed by atoms with Gasteiger partial charge in [-0.05, 0) is 38.7 Å². The lowest BCUT2D eigenvalue weighted by atomic mass is 9.79. The van der Waals surface area contributed by atoms with Crippen LogP contribution in [-0.2, 0) is 10.3 Å². The van der Waals surface area contributed by atoms with Gasteiger partial charge in [0.05, 0.1) is 5.39 Å². The van der Waals surface area contributed by atoms with E-state index < -0.39 is 0 Å². The average Bonchev–Trinajstić information content (AvgIpc) is 2.64. The molecule has 0 amide bonds. The summed E-state index contributed by atoms with van der Waals surface area (Å²) in [6.45, 7) is 4.27. The first-order valence-electron chi connectivity index (χ1n) is 6.62. The molecule has 0 aliphatic heterocycles. The van der Waals surface area contributed by atoms with Gasteiger partial charge in [-0.25, -0.2) is 9.97 Å². The Labute approximate surface area is 117 Å². The van der Waals surface area contributed by atoms with Gasteiger partial charge in [-0.2, -0.15) is 0 Å². The molecule has 0 atom stereocenters. The lowest BCUT2D eigenvalue weighted by Crippen LogP contribution is -2.38. The summed E-state index contributed by atoms with van der Waals surface area (Å²) in [6, 6.07) is 0. The number of aryl methyl sites for hydroxylation is 2. The van der Waals surface area contributed by atoms with Crippen LogP contribution in [0.4, 0.5) is 5.82 Å². The number of aromatic nitrogens is 2. The van der Waals surface area contributed by atoms with Crippen LogP contribution in [-0.4, -0.2) is 24.1 Å². The Morgan fingerprint density at radius 3 is 2.53 bits per heavy atom. The quantitative estimate of drug-likeness (QED) is 0.934. The van der Waals surface area contributed by atoms with E-state index in [1.54, 1.807) is 18.4 Å². The van der Waals surface area contributed by atoms with Crippen LogP contribution in [0, 0.1) is 13.8 Å². The first kappa shape index (κ1) is 12.8. The molecule has 0 unspecified atom stereocenters. The van der Waals surface area contributed by atoms with Crippen molar-refractivity contribution >= 4 is 27.4 Å². The molecule has 19 heavy (non-hydrogen) atoms. The molecule has 1 aliphatic carbocycles. The molecule has 2 aromatic heterocycles. The second-order valence-corrected chi connectivity index (χ2v) is 6.36. The molecule has 0 aromatic carbocycles. The van der Waals surface area contributed by atoms with Crippen LogP contribution in [0.2, 0.25) is 0 Å². The third-order valence-electron chi connectivity index (χ3n) is 4.22. The van der Waals surface area contributed by atoms with E-state index in [0.29, 0.717) is 0 Å². The molecular formula is C14H19N3OS. The highest BCUT2D eigenvalue weighted by Crippen LogP contribution is 2.44. The van der Waals surface area contributed by atoms with Crippen LogP contribution in [0.1, 0.15) is 35.5 Å². The smallest absolute Gasteiger partial charge is 0.164 e. The molecule has 3 rings (SSSR count). The van der Waals surface area contributed by atoms with Crippen molar-refractivity contribution in [3.05, 3.63) is 16.3 Å². The largest absolute Gasteiger partial charge is 0.372 e. The summed E-state index contributed by atoms with van der Waals surface area (Å²) in [5.74, 6) is 1.75. The van der Waals surface area contributed by atoms with Gasteiger partial charge in [0.1, 0.15) is 16.2 Å². The van der Waals surface area contributed by atoms with Crippen molar-refractivity contribution < 1.29 is 4.74 Å². The summed E-state index contributed by atoms with van der Waals surface area (Å²) >= 11 is 1.74. The van der Waals surface area contributed by atoms with E-state index in [1.165, 1.54) is 16.9 Å². The molecule has 1 fully saturated rings. The Hall–Kier alpha value is -1.20. The number of thiophene rings is 1. The minimum absolute atomic E-state index is 0.258. The minimum atomic E-state index is -0.258. The molecule has 5 heteroatoms. The number of nitrogens with one attached hydrogen (secondary N) is 1. The summed E-state index contributed by atoms with van der Waals surface area (Å²) in [5.41, 5.74) is 1.02. The molecule has 1 N–H and O–H groups in total. The zero-order valence-electron chi connectivity index (χ0n) is 11.8. The highest BCUT2D eigenvalue weighted by Gasteiger charge is 2.42. The topological polar surface area (TPSA) is 47.0 Å². The van der Waals surface area contributed by atoms with Gasteiger partial charge in [0.15, 0.2) is 5.82 Å². The molecule has 4 nitrogen and oxygen atoms in total. The number of hydrogen-bond donors (Lipinski definition) is 1. The van der Waals surface area contributed by atoms with Gasteiger partial charge in [0, 0.05) is 19.0 Å². The molecule has 0 spiro atoms. The zero-order chi connectivity index (χ0) is 13.6. The van der Waals surface area contributed by atoms with Crippen LogP contribution < -0.4 is 5.32 Å². The number of methoxy groups -OCH3 is 1. The van der Waals surface area contributed by atoms with Crippen molar-refractivity contribution in [3.8, 4) is 0 Å². The summed E-state index contributed by atoms with van der Waals surface area (Å²) in [5, 5.41) is 4.36. The van der Waals surface area contributed by atoms with E-state index in [4.69, 9.17) is 14.7 Å². The molecule has 0 radical (unpaired) electrons. The van der Waals surface area contributed by atoms with Gasteiger partial charge in [-0.1, -0.05) is 0 Å². The number of ether oxygens (including phenoxy) is 1. The normalized spacial score (nSPS) is 17.5. The van der Waals surface area contributed by atoms with Crippen LogP contribution in [0.3, 0.4) is 0 Å². The third kappa shape index (κ3) is 1.75. The monoisotopic (exact) mass is 277 g/mol. The van der Waals surface area contributed by atoms with Crippen molar-refractivity contribution in [3.63, 3.8) is 0 Å². The molecule has 2 aromatic rings. The molecular weight excluding hydrogens is 258 g/mol. The van der Waals surface area contributed by atoms with Gasteiger partial charge in [-0.15, -0.1) is 11.3 Å². The number of anilines is 1. The fourth-order valence-electron chi connectivity index (χ4n) is 2.65. The maximum atomic E-state index is 5.70. The van der Waals surface area contributed by atoms with Gasteiger partial charge < -0.3 is 10.1 Å². The van der Waals surface area contributed by atoms with Gasteiger partial charge in [0.2, 0.25) is 0 Å².